The van der Waals surface area contributed by atoms with E-state index in [-0.39, 0.29) is 6.03 Å². The normalized spacial score (nSPS) is 21.2. The first-order valence-corrected chi connectivity index (χ1v) is 6.22. The summed E-state index contributed by atoms with van der Waals surface area (Å²) in [6.45, 7) is 2.70. The second-order valence-electron chi connectivity index (χ2n) is 4.75. The van der Waals surface area contributed by atoms with Crippen LogP contribution in [0.15, 0.2) is 0 Å². The number of carbonyl (C=O) groups is 2. The molecule has 0 bridgehead atoms. The van der Waals surface area contributed by atoms with Crippen LogP contribution in [0, 0.1) is 0 Å². The highest BCUT2D eigenvalue weighted by molar-refractivity contribution is 5.76. The molecule has 0 spiro atoms. The highest BCUT2D eigenvalue weighted by Crippen LogP contribution is 2.08. The van der Waals surface area contributed by atoms with Gasteiger partial charge in [0.1, 0.15) is 0 Å². The van der Waals surface area contributed by atoms with Crippen LogP contribution in [0.25, 0.3) is 0 Å². The summed E-state index contributed by atoms with van der Waals surface area (Å²) in [6.07, 6.45) is 4.25. The third-order valence-electron chi connectivity index (χ3n) is 3.23. The lowest BCUT2D eigenvalue weighted by Gasteiger charge is -2.11. The molecule has 2 saturated heterocycles. The van der Waals surface area contributed by atoms with Crippen LogP contribution in [-0.2, 0) is 4.79 Å². The van der Waals surface area contributed by atoms with E-state index in [1.54, 1.807) is 9.80 Å². The van der Waals surface area contributed by atoms with Gasteiger partial charge in [-0.05, 0) is 12.8 Å². The van der Waals surface area contributed by atoms with Crippen LogP contribution < -0.4 is 0 Å². The number of rotatable bonds is 0. The smallest absolute Gasteiger partial charge is 0.319 e. The molecule has 2 rings (SSSR count). The van der Waals surface area contributed by atoms with Gasteiger partial charge in [0.05, 0.1) is 0 Å². The lowest BCUT2D eigenvalue weighted by atomic mass is 10.2. The summed E-state index contributed by atoms with van der Waals surface area (Å²) in [5.41, 5.74) is 0. The number of nitrogens with zero attached hydrogens (tertiary/aromatic N) is 3. The molecule has 2 aliphatic rings. The fraction of sp³-hybridized carbons (Fsp3) is 0.833. The lowest BCUT2D eigenvalue weighted by molar-refractivity contribution is -0.129. The maximum atomic E-state index is 10.9. The van der Waals surface area contributed by atoms with E-state index < -0.39 is 0 Å². The lowest BCUT2D eigenvalue weighted by Crippen LogP contribution is -2.25. The van der Waals surface area contributed by atoms with Gasteiger partial charge in [0, 0.05) is 47.2 Å². The average molecular weight is 241 g/mol. The van der Waals surface area contributed by atoms with Crippen LogP contribution >= 0.6 is 0 Å². The molecule has 5 nitrogen and oxygen atoms in total. The Balaban J connectivity index is 0.000000171. The molecule has 0 aromatic heterocycles. The van der Waals surface area contributed by atoms with E-state index in [4.69, 9.17) is 0 Å². The summed E-state index contributed by atoms with van der Waals surface area (Å²) in [4.78, 5) is 26.9. The SMILES string of the molecule is CN1CCCCCC1=O.CN1CCN(C)C1=O. The first-order chi connectivity index (χ1) is 8.02. The Labute approximate surface area is 103 Å². The second-order valence-corrected chi connectivity index (χ2v) is 4.75. The van der Waals surface area contributed by atoms with Gasteiger partial charge in [-0.15, -0.1) is 0 Å². The minimum absolute atomic E-state index is 0.130. The van der Waals surface area contributed by atoms with E-state index in [1.807, 2.05) is 26.0 Å². The largest absolute Gasteiger partial charge is 0.346 e. The van der Waals surface area contributed by atoms with Gasteiger partial charge in [-0.25, -0.2) is 4.79 Å². The van der Waals surface area contributed by atoms with Crippen molar-refractivity contribution in [3.05, 3.63) is 0 Å². The summed E-state index contributed by atoms with van der Waals surface area (Å²) < 4.78 is 0. The van der Waals surface area contributed by atoms with Crippen molar-refractivity contribution in [1.29, 1.82) is 0 Å². The molecule has 0 radical (unpaired) electrons. The van der Waals surface area contributed by atoms with Gasteiger partial charge in [-0.2, -0.15) is 0 Å². The van der Waals surface area contributed by atoms with E-state index in [0.29, 0.717) is 5.91 Å². The Hall–Kier alpha value is -1.26. The number of likely N-dealkylation sites (tertiary alicyclic amines) is 1. The van der Waals surface area contributed by atoms with E-state index in [2.05, 4.69) is 0 Å². The van der Waals surface area contributed by atoms with Crippen LogP contribution in [0.5, 0.6) is 0 Å². The number of carbonyl (C=O) groups excluding carboxylic acids is 2. The van der Waals surface area contributed by atoms with Gasteiger partial charge in [-0.3, -0.25) is 4.79 Å². The van der Waals surface area contributed by atoms with Gasteiger partial charge in [0.2, 0.25) is 5.91 Å². The zero-order chi connectivity index (χ0) is 12.8. The van der Waals surface area contributed by atoms with Crippen molar-refractivity contribution in [2.45, 2.75) is 25.7 Å². The molecule has 2 aliphatic heterocycles. The number of hydrogen-bond acceptors (Lipinski definition) is 2. The Bertz CT molecular complexity index is 269. The van der Waals surface area contributed by atoms with E-state index in [1.165, 1.54) is 12.8 Å². The summed E-state index contributed by atoms with van der Waals surface area (Å²) in [6, 6.07) is 0.130. The fourth-order valence-electron chi connectivity index (χ4n) is 1.90. The molecule has 0 aromatic carbocycles. The molecule has 5 heteroatoms. The Morgan fingerprint density at radius 1 is 0.765 bits per heavy atom. The number of hydrogen-bond donors (Lipinski definition) is 0. The number of amides is 3. The number of urea groups is 1. The summed E-state index contributed by atoms with van der Waals surface area (Å²) in [5, 5.41) is 0. The predicted octanol–water partition coefficient (Wildman–Crippen LogP) is 1.00. The van der Waals surface area contributed by atoms with Crippen molar-refractivity contribution in [3.63, 3.8) is 0 Å². The maximum absolute atomic E-state index is 10.9. The first-order valence-electron chi connectivity index (χ1n) is 6.22. The van der Waals surface area contributed by atoms with Gasteiger partial charge in [0.25, 0.3) is 0 Å². The Morgan fingerprint density at radius 3 is 1.82 bits per heavy atom. The third kappa shape index (κ3) is 4.24. The molecule has 2 heterocycles. The quantitative estimate of drug-likeness (QED) is 0.635. The molecule has 17 heavy (non-hydrogen) atoms. The molecule has 0 saturated carbocycles. The van der Waals surface area contributed by atoms with E-state index >= 15 is 0 Å². The van der Waals surface area contributed by atoms with Crippen molar-refractivity contribution < 1.29 is 9.59 Å². The average Bonchev–Trinajstić information content (AvgIpc) is 2.51. The summed E-state index contributed by atoms with van der Waals surface area (Å²) in [7, 11) is 5.51. The Morgan fingerprint density at radius 2 is 1.35 bits per heavy atom. The molecular weight excluding hydrogens is 218 g/mol. The van der Waals surface area contributed by atoms with Crippen molar-refractivity contribution in [2.24, 2.45) is 0 Å². The molecule has 0 N–H and O–H groups in total. The first kappa shape index (κ1) is 13.8. The zero-order valence-electron chi connectivity index (χ0n) is 11.1. The number of likely N-dealkylation sites (N-methyl/N-ethyl adjacent to an activating group) is 2. The molecule has 2 fully saturated rings. The van der Waals surface area contributed by atoms with Crippen LogP contribution in [-0.4, -0.2) is 67.4 Å². The van der Waals surface area contributed by atoms with E-state index in [0.717, 1.165) is 32.5 Å². The minimum Gasteiger partial charge on any atom is -0.346 e. The van der Waals surface area contributed by atoms with Crippen LogP contribution in [0.3, 0.4) is 0 Å². The molecule has 0 atom stereocenters. The second kappa shape index (κ2) is 6.47. The highest BCUT2D eigenvalue weighted by atomic mass is 16.2. The fourth-order valence-corrected chi connectivity index (χ4v) is 1.90. The molecule has 3 amide bonds. The van der Waals surface area contributed by atoms with Crippen LogP contribution in [0.1, 0.15) is 25.7 Å². The van der Waals surface area contributed by atoms with Gasteiger partial charge in [-0.1, -0.05) is 6.42 Å². The molecule has 0 aliphatic carbocycles. The van der Waals surface area contributed by atoms with E-state index in [9.17, 15) is 9.59 Å². The minimum atomic E-state index is 0.130. The van der Waals surface area contributed by atoms with Crippen molar-refractivity contribution in [1.82, 2.24) is 14.7 Å². The highest BCUT2D eigenvalue weighted by Gasteiger charge is 2.20. The van der Waals surface area contributed by atoms with Gasteiger partial charge < -0.3 is 14.7 Å². The van der Waals surface area contributed by atoms with Crippen molar-refractivity contribution >= 4 is 11.9 Å². The van der Waals surface area contributed by atoms with Crippen molar-refractivity contribution in [2.75, 3.05) is 40.8 Å². The van der Waals surface area contributed by atoms with Crippen LogP contribution in [0.2, 0.25) is 0 Å². The van der Waals surface area contributed by atoms with Crippen molar-refractivity contribution in [3.8, 4) is 0 Å². The molecule has 98 valence electrons. The maximum Gasteiger partial charge on any atom is 0.319 e. The van der Waals surface area contributed by atoms with Crippen LogP contribution in [0.4, 0.5) is 4.79 Å². The van der Waals surface area contributed by atoms with Gasteiger partial charge in [0.15, 0.2) is 0 Å². The molecular formula is C12H23N3O2. The Kier molecular flexibility index (Phi) is 5.25. The summed E-state index contributed by atoms with van der Waals surface area (Å²) in [5.74, 6) is 0.313. The third-order valence-corrected chi connectivity index (χ3v) is 3.23. The van der Waals surface area contributed by atoms with Gasteiger partial charge >= 0.3 is 6.03 Å². The topological polar surface area (TPSA) is 43.9 Å². The monoisotopic (exact) mass is 241 g/mol. The standard InChI is InChI=1S/C7H13NO.C5H10N2O/c1-8-6-4-2-3-5-7(8)9;1-6-3-4-7(2)5(6)8/h2-6H2,1H3;3-4H2,1-2H3. The molecule has 0 unspecified atom stereocenters. The summed E-state index contributed by atoms with van der Waals surface area (Å²) >= 11 is 0. The molecule has 0 aromatic rings. The predicted molar refractivity (Wildman–Crippen MR) is 66.8 cm³/mol. The zero-order valence-corrected chi connectivity index (χ0v) is 11.1.